The van der Waals surface area contributed by atoms with E-state index in [1.807, 2.05) is 0 Å². The second-order valence-electron chi connectivity index (χ2n) is 6.64. The molecule has 0 aromatic heterocycles. The van der Waals surface area contributed by atoms with E-state index in [2.05, 4.69) is 66.4 Å². The number of unbranched alkanes of at least 4 members (excludes halogenated alkanes) is 7. The molecule has 1 aliphatic rings. The fourth-order valence-electron chi connectivity index (χ4n) is 3.46. The van der Waals surface area contributed by atoms with Crippen LogP contribution in [0.15, 0.2) is 42.7 Å². The van der Waals surface area contributed by atoms with Crippen LogP contribution in [-0.4, -0.2) is 17.6 Å². The third kappa shape index (κ3) is 5.60. The monoisotopic (exact) mass is 314 g/mol. The van der Waals surface area contributed by atoms with Crippen molar-refractivity contribution in [1.29, 1.82) is 0 Å². The van der Waals surface area contributed by atoms with E-state index in [0.29, 0.717) is 6.17 Å². The van der Waals surface area contributed by atoms with Gasteiger partial charge in [-0.05, 0) is 25.0 Å². The lowest BCUT2D eigenvalue weighted by atomic mass is 10.1. The molecule has 1 aliphatic heterocycles. The van der Waals surface area contributed by atoms with Crippen molar-refractivity contribution < 1.29 is 0 Å². The molecule has 1 aromatic rings. The molecular weight excluding hydrogens is 280 g/mol. The fourth-order valence-corrected chi connectivity index (χ4v) is 3.46. The summed E-state index contributed by atoms with van der Waals surface area (Å²) in [5, 5.41) is 0. The average Bonchev–Trinajstić information content (AvgIpc) is 3.01. The zero-order valence-corrected chi connectivity index (χ0v) is 15.1. The van der Waals surface area contributed by atoms with Crippen LogP contribution in [0.4, 0.5) is 5.69 Å². The Labute approximate surface area is 143 Å². The van der Waals surface area contributed by atoms with Crippen molar-refractivity contribution in [3.05, 3.63) is 42.7 Å². The van der Waals surface area contributed by atoms with E-state index in [9.17, 15) is 0 Å². The molecule has 1 unspecified atom stereocenters. The molecule has 0 fully saturated rings. The number of hydrogen-bond donors (Lipinski definition) is 0. The largest absolute Gasteiger partial charge is 0.356 e. The molecule has 0 saturated heterocycles. The van der Waals surface area contributed by atoms with Crippen LogP contribution in [-0.2, 0) is 0 Å². The summed E-state index contributed by atoms with van der Waals surface area (Å²) >= 11 is 0. The van der Waals surface area contributed by atoms with Crippen LogP contribution < -0.4 is 4.90 Å². The first kappa shape index (κ1) is 17.9. The van der Waals surface area contributed by atoms with Crippen molar-refractivity contribution in [1.82, 2.24) is 4.90 Å². The van der Waals surface area contributed by atoms with Crippen molar-refractivity contribution in [2.75, 3.05) is 11.4 Å². The molecule has 1 atom stereocenters. The molecule has 1 heterocycles. The smallest absolute Gasteiger partial charge is 0.105 e. The van der Waals surface area contributed by atoms with E-state index in [-0.39, 0.29) is 0 Å². The van der Waals surface area contributed by atoms with Crippen molar-refractivity contribution in [2.45, 2.75) is 77.8 Å². The molecule has 1 aromatic carbocycles. The summed E-state index contributed by atoms with van der Waals surface area (Å²) in [6, 6.07) is 10.7. The van der Waals surface area contributed by atoms with Gasteiger partial charge in [0.1, 0.15) is 6.17 Å². The average molecular weight is 315 g/mol. The van der Waals surface area contributed by atoms with Gasteiger partial charge in [0.25, 0.3) is 0 Å². The summed E-state index contributed by atoms with van der Waals surface area (Å²) in [5.74, 6) is 0. The summed E-state index contributed by atoms with van der Waals surface area (Å²) in [6.07, 6.45) is 17.3. The van der Waals surface area contributed by atoms with E-state index in [0.717, 1.165) is 6.42 Å². The number of anilines is 1. The molecular formula is C21H34N2. The Bertz CT molecular complexity index is 440. The van der Waals surface area contributed by atoms with E-state index in [1.54, 1.807) is 0 Å². The summed E-state index contributed by atoms with van der Waals surface area (Å²) in [7, 11) is 0. The Hall–Kier alpha value is -1.44. The highest BCUT2D eigenvalue weighted by Gasteiger charge is 2.24. The predicted octanol–water partition coefficient (Wildman–Crippen LogP) is 6.16. The third-order valence-corrected chi connectivity index (χ3v) is 4.81. The SMILES string of the molecule is CCCCCCCCCCN1C=CN(c2ccccc2)C1CC. The molecule has 23 heavy (non-hydrogen) atoms. The van der Waals surface area contributed by atoms with Crippen LogP contribution in [0.5, 0.6) is 0 Å². The van der Waals surface area contributed by atoms with Crippen LogP contribution >= 0.6 is 0 Å². The second-order valence-corrected chi connectivity index (χ2v) is 6.64. The highest BCUT2D eigenvalue weighted by atomic mass is 15.4. The minimum atomic E-state index is 0.488. The van der Waals surface area contributed by atoms with Gasteiger partial charge in [-0.15, -0.1) is 0 Å². The molecule has 0 aliphatic carbocycles. The maximum absolute atomic E-state index is 2.52. The third-order valence-electron chi connectivity index (χ3n) is 4.81. The number of para-hydroxylation sites is 1. The van der Waals surface area contributed by atoms with Gasteiger partial charge < -0.3 is 9.80 Å². The highest BCUT2D eigenvalue weighted by molar-refractivity contribution is 5.51. The highest BCUT2D eigenvalue weighted by Crippen LogP contribution is 2.26. The molecule has 2 rings (SSSR count). The van der Waals surface area contributed by atoms with E-state index in [1.165, 1.54) is 63.6 Å². The lowest BCUT2D eigenvalue weighted by Crippen LogP contribution is -2.38. The Kier molecular flexibility index (Phi) is 8.06. The van der Waals surface area contributed by atoms with Gasteiger partial charge in [0.15, 0.2) is 0 Å². The number of rotatable bonds is 11. The molecule has 0 saturated carbocycles. The summed E-state index contributed by atoms with van der Waals surface area (Å²) in [5.41, 5.74) is 1.30. The molecule has 0 radical (unpaired) electrons. The zero-order valence-electron chi connectivity index (χ0n) is 15.1. The van der Waals surface area contributed by atoms with Crippen molar-refractivity contribution >= 4 is 5.69 Å². The van der Waals surface area contributed by atoms with Gasteiger partial charge in [-0.3, -0.25) is 0 Å². The zero-order chi connectivity index (χ0) is 16.3. The van der Waals surface area contributed by atoms with Crippen molar-refractivity contribution in [3.63, 3.8) is 0 Å². The first-order valence-corrected chi connectivity index (χ1v) is 9.64. The summed E-state index contributed by atoms with van der Waals surface area (Å²) in [4.78, 5) is 4.93. The van der Waals surface area contributed by atoms with Gasteiger partial charge in [0.05, 0.1) is 0 Å². The number of nitrogens with zero attached hydrogens (tertiary/aromatic N) is 2. The number of benzene rings is 1. The van der Waals surface area contributed by atoms with Gasteiger partial charge in [0, 0.05) is 24.6 Å². The topological polar surface area (TPSA) is 6.48 Å². The lowest BCUT2D eigenvalue weighted by molar-refractivity contribution is 0.285. The van der Waals surface area contributed by atoms with E-state index >= 15 is 0 Å². The molecule has 2 heteroatoms. The van der Waals surface area contributed by atoms with E-state index in [4.69, 9.17) is 0 Å². The molecule has 0 bridgehead atoms. The molecule has 128 valence electrons. The predicted molar refractivity (Wildman–Crippen MR) is 101 cm³/mol. The quantitative estimate of drug-likeness (QED) is 0.451. The van der Waals surface area contributed by atoms with Crippen LogP contribution in [0, 0.1) is 0 Å². The lowest BCUT2D eigenvalue weighted by Gasteiger charge is -2.32. The molecule has 0 N–H and O–H groups in total. The maximum atomic E-state index is 2.52. The van der Waals surface area contributed by atoms with Gasteiger partial charge in [0.2, 0.25) is 0 Å². The minimum Gasteiger partial charge on any atom is -0.356 e. The van der Waals surface area contributed by atoms with Gasteiger partial charge in [-0.1, -0.05) is 77.0 Å². The Balaban J connectivity index is 1.67. The minimum absolute atomic E-state index is 0.488. The standard InChI is InChI=1S/C21H34N2/c1-3-5-6-7-8-9-10-14-17-22-18-19-23(21(22)4-2)20-15-12-11-13-16-20/h11-13,15-16,18-19,21H,3-10,14,17H2,1-2H3. The van der Waals surface area contributed by atoms with Crippen LogP contribution in [0.1, 0.15) is 71.6 Å². The maximum Gasteiger partial charge on any atom is 0.105 e. The van der Waals surface area contributed by atoms with Crippen molar-refractivity contribution in [3.8, 4) is 0 Å². The molecule has 0 amide bonds. The van der Waals surface area contributed by atoms with Crippen LogP contribution in [0.3, 0.4) is 0 Å². The molecule has 0 spiro atoms. The van der Waals surface area contributed by atoms with Crippen molar-refractivity contribution in [2.24, 2.45) is 0 Å². The van der Waals surface area contributed by atoms with E-state index < -0.39 is 0 Å². The fraction of sp³-hybridized carbons (Fsp3) is 0.619. The molecule has 2 nitrogen and oxygen atoms in total. The first-order chi connectivity index (χ1) is 11.4. The van der Waals surface area contributed by atoms with Gasteiger partial charge >= 0.3 is 0 Å². The summed E-state index contributed by atoms with van der Waals surface area (Å²) in [6.45, 7) is 5.76. The van der Waals surface area contributed by atoms with Crippen LogP contribution in [0.25, 0.3) is 0 Å². The van der Waals surface area contributed by atoms with Gasteiger partial charge in [-0.2, -0.15) is 0 Å². The number of hydrogen-bond acceptors (Lipinski definition) is 2. The van der Waals surface area contributed by atoms with Crippen LogP contribution in [0.2, 0.25) is 0 Å². The Morgan fingerprint density at radius 3 is 2.09 bits per heavy atom. The normalized spacial score (nSPS) is 17.2. The Morgan fingerprint density at radius 1 is 0.783 bits per heavy atom. The Morgan fingerprint density at radius 2 is 1.43 bits per heavy atom. The van der Waals surface area contributed by atoms with Gasteiger partial charge in [-0.25, -0.2) is 0 Å². The second kappa shape index (κ2) is 10.4. The first-order valence-electron chi connectivity index (χ1n) is 9.64. The summed E-state index contributed by atoms with van der Waals surface area (Å²) < 4.78 is 0.